The summed E-state index contributed by atoms with van der Waals surface area (Å²) < 4.78 is 4.90. The Hall–Kier alpha value is -2.87. The lowest BCUT2D eigenvalue weighted by molar-refractivity contribution is 0.100. The van der Waals surface area contributed by atoms with Crippen LogP contribution in [0.3, 0.4) is 0 Å². The maximum absolute atomic E-state index is 11.2. The minimum Gasteiger partial charge on any atom is -0.366 e. The highest BCUT2D eigenvalue weighted by Crippen LogP contribution is 2.09. The Morgan fingerprint density at radius 3 is 2.56 bits per heavy atom. The number of carbonyl (C=O) groups excluding carboxylic acids is 1. The molecule has 0 spiro atoms. The molecule has 1 saturated heterocycles. The number of nitrogens with two attached hydrogens (primary N) is 1. The number of aliphatic imine (C=N–C) groups is 1. The Balaban J connectivity index is 1.56. The van der Waals surface area contributed by atoms with Gasteiger partial charge in [0, 0.05) is 50.9 Å². The molecule has 1 aromatic heterocycles. The zero-order valence-electron chi connectivity index (χ0n) is 15.6. The minimum absolute atomic E-state index is 0.415. The summed E-state index contributed by atoms with van der Waals surface area (Å²) in [5.74, 6) is 0.499. The number of carbonyl (C=O) groups is 1. The second-order valence-electron chi connectivity index (χ2n) is 6.49. The monoisotopic (exact) mass is 370 g/mol. The van der Waals surface area contributed by atoms with Crippen LogP contribution in [0.2, 0.25) is 0 Å². The molecule has 8 heteroatoms. The molecule has 2 heterocycles. The second kappa shape index (κ2) is 9.18. The average molecular weight is 370 g/mol. The van der Waals surface area contributed by atoms with Gasteiger partial charge in [-0.05, 0) is 24.6 Å². The number of rotatable bonds is 6. The van der Waals surface area contributed by atoms with Crippen LogP contribution in [0.1, 0.15) is 28.5 Å². The molecule has 0 atom stereocenters. The fourth-order valence-corrected chi connectivity index (χ4v) is 3.03. The predicted molar refractivity (Wildman–Crippen MR) is 103 cm³/mol. The first-order chi connectivity index (χ1) is 13.2. The van der Waals surface area contributed by atoms with Gasteiger partial charge in [0.2, 0.25) is 5.91 Å². The second-order valence-corrected chi connectivity index (χ2v) is 6.49. The highest BCUT2D eigenvalue weighted by atomic mass is 16.5. The topological polar surface area (TPSA) is 100.0 Å². The Morgan fingerprint density at radius 1 is 1.22 bits per heavy atom. The quantitative estimate of drug-likeness (QED) is 0.583. The lowest BCUT2D eigenvalue weighted by Gasteiger charge is -2.36. The third kappa shape index (κ3) is 5.30. The van der Waals surface area contributed by atoms with E-state index in [1.165, 1.54) is 0 Å². The van der Waals surface area contributed by atoms with Crippen LogP contribution in [-0.2, 0) is 13.1 Å². The van der Waals surface area contributed by atoms with Gasteiger partial charge in [0.05, 0.1) is 12.2 Å². The Bertz CT molecular complexity index is 749. The van der Waals surface area contributed by atoms with Crippen molar-refractivity contribution in [3.05, 3.63) is 53.4 Å². The fraction of sp³-hybridized carbons (Fsp3) is 0.421. The summed E-state index contributed by atoms with van der Waals surface area (Å²) in [6.07, 6.45) is 1.61. The summed E-state index contributed by atoms with van der Waals surface area (Å²) >= 11 is 0. The number of nitrogens with one attached hydrogen (secondary N) is 1. The Labute approximate surface area is 159 Å². The first kappa shape index (κ1) is 18.9. The highest BCUT2D eigenvalue weighted by molar-refractivity contribution is 5.92. The van der Waals surface area contributed by atoms with E-state index in [-0.39, 0.29) is 0 Å². The van der Waals surface area contributed by atoms with E-state index in [1.807, 2.05) is 18.2 Å². The first-order valence-electron chi connectivity index (χ1n) is 9.19. The van der Waals surface area contributed by atoms with Gasteiger partial charge in [0.15, 0.2) is 5.96 Å². The molecule has 0 saturated carbocycles. The largest absolute Gasteiger partial charge is 0.366 e. The molecule has 144 valence electrons. The number of aromatic nitrogens is 1. The van der Waals surface area contributed by atoms with Gasteiger partial charge in [-0.2, -0.15) is 0 Å². The molecule has 27 heavy (non-hydrogen) atoms. The van der Waals surface area contributed by atoms with Crippen molar-refractivity contribution in [1.82, 2.24) is 20.3 Å². The van der Waals surface area contributed by atoms with Crippen LogP contribution in [0.25, 0.3) is 0 Å². The predicted octanol–water partition coefficient (Wildman–Crippen LogP) is 1.06. The number of benzene rings is 1. The molecular formula is C19H26N6O2. The third-order valence-corrected chi connectivity index (χ3v) is 4.53. The summed E-state index contributed by atoms with van der Waals surface area (Å²) in [5, 5.41) is 7.35. The highest BCUT2D eigenvalue weighted by Gasteiger charge is 2.20. The number of primary amides is 1. The van der Waals surface area contributed by atoms with Crippen molar-refractivity contribution in [2.45, 2.75) is 20.0 Å². The number of nitrogens with zero attached hydrogens (tertiary/aromatic N) is 4. The molecule has 8 nitrogen and oxygen atoms in total. The Kier molecular flexibility index (Phi) is 6.43. The Morgan fingerprint density at radius 2 is 1.96 bits per heavy atom. The van der Waals surface area contributed by atoms with E-state index in [9.17, 15) is 4.79 Å². The van der Waals surface area contributed by atoms with Crippen LogP contribution in [-0.4, -0.2) is 59.5 Å². The molecule has 0 bridgehead atoms. The molecule has 1 aliphatic rings. The average Bonchev–Trinajstić information content (AvgIpc) is 3.19. The van der Waals surface area contributed by atoms with E-state index in [0.29, 0.717) is 12.1 Å². The van der Waals surface area contributed by atoms with Gasteiger partial charge < -0.3 is 20.5 Å². The molecule has 1 amide bonds. The van der Waals surface area contributed by atoms with Crippen molar-refractivity contribution < 1.29 is 9.32 Å². The van der Waals surface area contributed by atoms with Crippen molar-refractivity contribution in [2.75, 3.05) is 32.7 Å². The van der Waals surface area contributed by atoms with Crippen molar-refractivity contribution in [3.63, 3.8) is 0 Å². The molecule has 3 rings (SSSR count). The summed E-state index contributed by atoms with van der Waals surface area (Å²) in [4.78, 5) is 20.6. The van der Waals surface area contributed by atoms with Gasteiger partial charge in [0.25, 0.3) is 0 Å². The molecule has 1 fully saturated rings. The molecule has 0 radical (unpaired) electrons. The smallest absolute Gasteiger partial charge is 0.248 e. The van der Waals surface area contributed by atoms with Gasteiger partial charge in [0.1, 0.15) is 6.26 Å². The van der Waals surface area contributed by atoms with Crippen LogP contribution < -0.4 is 11.1 Å². The van der Waals surface area contributed by atoms with E-state index >= 15 is 0 Å². The maximum atomic E-state index is 11.2. The first-order valence-corrected chi connectivity index (χ1v) is 9.19. The molecular weight excluding hydrogens is 344 g/mol. The number of guanidine groups is 1. The zero-order valence-corrected chi connectivity index (χ0v) is 15.6. The van der Waals surface area contributed by atoms with Gasteiger partial charge >= 0.3 is 0 Å². The fourth-order valence-electron chi connectivity index (χ4n) is 3.03. The van der Waals surface area contributed by atoms with E-state index < -0.39 is 5.91 Å². The number of hydrogen-bond acceptors (Lipinski definition) is 5. The van der Waals surface area contributed by atoms with Crippen LogP contribution >= 0.6 is 0 Å². The van der Waals surface area contributed by atoms with Crippen LogP contribution in [0, 0.1) is 0 Å². The molecule has 0 unspecified atom stereocenters. The molecule has 1 aliphatic heterocycles. The maximum Gasteiger partial charge on any atom is 0.248 e. The molecule has 1 aromatic carbocycles. The van der Waals surface area contributed by atoms with Gasteiger partial charge in [-0.25, -0.2) is 4.99 Å². The van der Waals surface area contributed by atoms with Crippen molar-refractivity contribution >= 4 is 11.9 Å². The van der Waals surface area contributed by atoms with Crippen molar-refractivity contribution in [2.24, 2.45) is 10.7 Å². The lowest BCUT2D eigenvalue weighted by atomic mass is 10.1. The zero-order chi connectivity index (χ0) is 19.1. The van der Waals surface area contributed by atoms with Gasteiger partial charge in [-0.1, -0.05) is 17.3 Å². The van der Waals surface area contributed by atoms with Gasteiger partial charge in [-0.3, -0.25) is 9.69 Å². The number of amides is 1. The SMILES string of the molecule is CCNC(=NCc1ccc(C(N)=O)cc1)N1CCN(Cc2ccon2)CC1. The summed E-state index contributed by atoms with van der Waals surface area (Å²) in [6.45, 7) is 7.96. The van der Waals surface area contributed by atoms with Crippen LogP contribution in [0.15, 0.2) is 46.1 Å². The van der Waals surface area contributed by atoms with E-state index in [1.54, 1.807) is 18.4 Å². The third-order valence-electron chi connectivity index (χ3n) is 4.53. The van der Waals surface area contributed by atoms with E-state index in [4.69, 9.17) is 15.2 Å². The molecule has 2 aromatic rings. The van der Waals surface area contributed by atoms with Crippen molar-refractivity contribution in [1.29, 1.82) is 0 Å². The van der Waals surface area contributed by atoms with E-state index in [2.05, 4.69) is 27.2 Å². The summed E-state index contributed by atoms with van der Waals surface area (Å²) in [6, 6.07) is 9.17. The van der Waals surface area contributed by atoms with Crippen molar-refractivity contribution in [3.8, 4) is 0 Å². The standard InChI is InChI=1S/C19H26N6O2/c1-2-21-19(22-13-15-3-5-16(6-4-15)18(20)26)25-10-8-24(9-11-25)14-17-7-12-27-23-17/h3-7,12H,2,8-11,13-14H2,1H3,(H2,20,26)(H,21,22). The van der Waals surface area contributed by atoms with Crippen LogP contribution in [0.4, 0.5) is 0 Å². The van der Waals surface area contributed by atoms with Gasteiger partial charge in [-0.15, -0.1) is 0 Å². The number of hydrogen-bond donors (Lipinski definition) is 2. The lowest BCUT2D eigenvalue weighted by Crippen LogP contribution is -2.52. The number of piperazine rings is 1. The molecule has 0 aliphatic carbocycles. The molecule has 3 N–H and O–H groups in total. The normalized spacial score (nSPS) is 15.7. The van der Waals surface area contributed by atoms with E-state index in [0.717, 1.165) is 56.5 Å². The minimum atomic E-state index is -0.415. The summed E-state index contributed by atoms with van der Waals surface area (Å²) in [5.41, 5.74) is 7.80. The summed E-state index contributed by atoms with van der Waals surface area (Å²) in [7, 11) is 0. The van der Waals surface area contributed by atoms with Crippen LogP contribution in [0.5, 0.6) is 0 Å².